The zero-order valence-corrected chi connectivity index (χ0v) is 12.2. The number of rotatable bonds is 2. The van der Waals surface area contributed by atoms with Crippen molar-refractivity contribution in [3.63, 3.8) is 0 Å². The first-order valence-electron chi connectivity index (χ1n) is 6.16. The van der Waals surface area contributed by atoms with Crippen LogP contribution < -0.4 is 5.32 Å². The van der Waals surface area contributed by atoms with Crippen molar-refractivity contribution >= 4 is 22.9 Å². The third-order valence-corrected chi connectivity index (χ3v) is 3.75. The van der Waals surface area contributed by atoms with E-state index in [2.05, 4.69) is 17.2 Å². The molecule has 0 saturated heterocycles. The van der Waals surface area contributed by atoms with Crippen LogP contribution in [0.2, 0.25) is 0 Å². The van der Waals surface area contributed by atoms with E-state index in [0.29, 0.717) is 5.56 Å². The van der Waals surface area contributed by atoms with Crippen LogP contribution in [-0.2, 0) is 0 Å². The lowest BCUT2D eigenvalue weighted by atomic mass is 10.1. The maximum absolute atomic E-state index is 12.1. The molecule has 3 nitrogen and oxygen atoms in total. The van der Waals surface area contributed by atoms with E-state index in [9.17, 15) is 4.79 Å². The second-order valence-corrected chi connectivity index (χ2v) is 5.16. The summed E-state index contributed by atoms with van der Waals surface area (Å²) in [4.78, 5) is 12.1. The van der Waals surface area contributed by atoms with Crippen LogP contribution >= 0.6 is 11.3 Å². The van der Waals surface area contributed by atoms with Gasteiger partial charge in [0.15, 0.2) is 0 Å². The fraction of sp³-hybridized carbons (Fsp3) is 0.188. The highest BCUT2D eigenvalue weighted by molar-refractivity contribution is 7.08. The molecule has 0 radical (unpaired) electrons. The van der Waals surface area contributed by atoms with Crippen molar-refractivity contribution in [2.75, 3.05) is 11.9 Å². The summed E-state index contributed by atoms with van der Waals surface area (Å²) in [5, 5.41) is 15.4. The number of hydrogen-bond donors (Lipinski definition) is 2. The summed E-state index contributed by atoms with van der Waals surface area (Å²) < 4.78 is 0. The number of carbonyl (C=O) groups is 1. The molecule has 0 saturated carbocycles. The maximum Gasteiger partial charge on any atom is 0.256 e. The minimum Gasteiger partial charge on any atom is -0.384 e. The maximum atomic E-state index is 12.1. The van der Waals surface area contributed by atoms with Gasteiger partial charge in [-0.15, -0.1) is 0 Å². The van der Waals surface area contributed by atoms with E-state index in [4.69, 9.17) is 5.11 Å². The van der Waals surface area contributed by atoms with E-state index in [-0.39, 0.29) is 12.5 Å². The first-order valence-corrected chi connectivity index (χ1v) is 7.10. The van der Waals surface area contributed by atoms with Crippen LogP contribution in [0.3, 0.4) is 0 Å². The van der Waals surface area contributed by atoms with Gasteiger partial charge in [0.2, 0.25) is 0 Å². The zero-order valence-electron chi connectivity index (χ0n) is 11.4. The molecule has 20 heavy (non-hydrogen) atoms. The Morgan fingerprint density at radius 3 is 2.70 bits per heavy atom. The minimum absolute atomic E-state index is 0.0997. The number of nitrogens with one attached hydrogen (secondary N) is 1. The molecule has 2 aromatic rings. The Hall–Kier alpha value is -2.09. The van der Waals surface area contributed by atoms with Crippen molar-refractivity contribution in [1.82, 2.24) is 0 Å². The van der Waals surface area contributed by atoms with E-state index >= 15 is 0 Å². The second kappa shape index (κ2) is 6.38. The summed E-state index contributed by atoms with van der Waals surface area (Å²) in [7, 11) is 0. The summed E-state index contributed by atoms with van der Waals surface area (Å²) in [5.74, 6) is 5.38. The predicted molar refractivity (Wildman–Crippen MR) is 82.2 cm³/mol. The molecule has 0 bridgehead atoms. The molecular weight excluding hydrogens is 270 g/mol. The van der Waals surface area contributed by atoms with E-state index in [1.165, 1.54) is 11.3 Å². The molecule has 2 rings (SSSR count). The lowest BCUT2D eigenvalue weighted by Gasteiger charge is -2.07. The molecular formula is C16H15NO2S. The van der Waals surface area contributed by atoms with Crippen LogP contribution in [0.4, 0.5) is 5.69 Å². The number of carbonyl (C=O) groups excluding carboxylic acids is 1. The Kier molecular flexibility index (Phi) is 4.57. The third kappa shape index (κ3) is 3.27. The van der Waals surface area contributed by atoms with Crippen LogP contribution in [0.5, 0.6) is 0 Å². The quantitative estimate of drug-likeness (QED) is 0.833. The molecule has 1 aromatic carbocycles. The fourth-order valence-electron chi connectivity index (χ4n) is 1.81. The number of thiophene rings is 1. The van der Waals surface area contributed by atoms with E-state index < -0.39 is 0 Å². The van der Waals surface area contributed by atoms with Gasteiger partial charge < -0.3 is 10.4 Å². The smallest absolute Gasteiger partial charge is 0.256 e. The molecule has 102 valence electrons. The molecule has 4 heteroatoms. The van der Waals surface area contributed by atoms with Gasteiger partial charge in [-0.2, -0.15) is 11.3 Å². The van der Waals surface area contributed by atoms with Gasteiger partial charge in [0.05, 0.1) is 5.56 Å². The standard InChI is InChI=1S/C16H15NO2S/c1-11-8-14(6-5-13(11)4-3-7-18)17-16(19)15-10-20-9-12(15)2/h5-6,8-10,18H,7H2,1-2H3,(H,17,19). The van der Waals surface area contributed by atoms with Crippen LogP contribution in [0.1, 0.15) is 27.0 Å². The summed E-state index contributed by atoms with van der Waals surface area (Å²) in [5.41, 5.74) is 4.24. The molecule has 1 heterocycles. The van der Waals surface area contributed by atoms with Crippen molar-refractivity contribution in [2.45, 2.75) is 13.8 Å². The van der Waals surface area contributed by atoms with Gasteiger partial charge >= 0.3 is 0 Å². The first kappa shape index (κ1) is 14.3. The number of aliphatic hydroxyl groups excluding tert-OH is 1. The highest BCUT2D eigenvalue weighted by Gasteiger charge is 2.10. The SMILES string of the molecule is Cc1cc(NC(=O)c2cscc2C)ccc1C#CCO. The molecule has 0 spiro atoms. The van der Waals surface area contributed by atoms with Crippen molar-refractivity contribution in [1.29, 1.82) is 0 Å². The number of aryl methyl sites for hydroxylation is 2. The number of amides is 1. The molecule has 1 aromatic heterocycles. The van der Waals surface area contributed by atoms with Gasteiger partial charge in [-0.25, -0.2) is 0 Å². The molecule has 0 aliphatic rings. The van der Waals surface area contributed by atoms with E-state index in [1.807, 2.05) is 42.8 Å². The lowest BCUT2D eigenvalue weighted by Crippen LogP contribution is -2.12. The average molecular weight is 285 g/mol. The number of hydrogen-bond acceptors (Lipinski definition) is 3. The van der Waals surface area contributed by atoms with E-state index in [1.54, 1.807) is 0 Å². The highest BCUT2D eigenvalue weighted by atomic mass is 32.1. The van der Waals surface area contributed by atoms with Gasteiger partial charge in [0, 0.05) is 16.6 Å². The largest absolute Gasteiger partial charge is 0.384 e. The van der Waals surface area contributed by atoms with Gasteiger partial charge in [0.1, 0.15) is 6.61 Å². The predicted octanol–water partition coefficient (Wildman–Crippen LogP) is 2.96. The van der Waals surface area contributed by atoms with Crippen LogP contribution in [0.25, 0.3) is 0 Å². The van der Waals surface area contributed by atoms with Gasteiger partial charge in [-0.05, 0) is 48.6 Å². The number of aliphatic hydroxyl groups is 1. The summed E-state index contributed by atoms with van der Waals surface area (Å²) in [6.45, 7) is 3.69. The third-order valence-electron chi connectivity index (χ3n) is 2.89. The monoisotopic (exact) mass is 285 g/mol. The molecule has 2 N–H and O–H groups in total. The summed E-state index contributed by atoms with van der Waals surface area (Å²) in [6.07, 6.45) is 0. The van der Waals surface area contributed by atoms with Crippen molar-refractivity contribution in [3.05, 3.63) is 51.2 Å². The molecule has 1 amide bonds. The molecule has 0 atom stereocenters. The zero-order chi connectivity index (χ0) is 14.5. The topological polar surface area (TPSA) is 49.3 Å². The number of benzene rings is 1. The Balaban J connectivity index is 2.17. The lowest BCUT2D eigenvalue weighted by molar-refractivity contribution is 0.102. The molecule has 0 fully saturated rings. The van der Waals surface area contributed by atoms with Crippen molar-refractivity contribution in [2.24, 2.45) is 0 Å². The molecule has 0 aliphatic heterocycles. The summed E-state index contributed by atoms with van der Waals surface area (Å²) >= 11 is 1.52. The van der Waals surface area contributed by atoms with Gasteiger partial charge in [-0.3, -0.25) is 4.79 Å². The Bertz CT molecular complexity index is 692. The molecule has 0 aliphatic carbocycles. The Morgan fingerprint density at radius 2 is 2.10 bits per heavy atom. The van der Waals surface area contributed by atoms with E-state index in [0.717, 1.165) is 22.4 Å². The second-order valence-electron chi connectivity index (χ2n) is 4.41. The van der Waals surface area contributed by atoms with Crippen molar-refractivity contribution < 1.29 is 9.90 Å². The average Bonchev–Trinajstić information content (AvgIpc) is 2.84. The summed E-state index contributed by atoms with van der Waals surface area (Å²) in [6, 6.07) is 5.53. The molecule has 0 unspecified atom stereocenters. The Labute approximate surface area is 122 Å². The minimum atomic E-state index is -0.157. The van der Waals surface area contributed by atoms with Crippen LogP contribution in [-0.4, -0.2) is 17.6 Å². The van der Waals surface area contributed by atoms with Crippen LogP contribution in [0.15, 0.2) is 29.0 Å². The number of anilines is 1. The van der Waals surface area contributed by atoms with Crippen molar-refractivity contribution in [3.8, 4) is 11.8 Å². The first-order chi connectivity index (χ1) is 9.61. The van der Waals surface area contributed by atoms with Crippen LogP contribution in [0, 0.1) is 25.7 Å². The normalized spacial score (nSPS) is 9.75. The highest BCUT2D eigenvalue weighted by Crippen LogP contribution is 2.18. The van der Waals surface area contributed by atoms with Gasteiger partial charge in [-0.1, -0.05) is 11.8 Å². The fourth-order valence-corrected chi connectivity index (χ4v) is 2.64. The van der Waals surface area contributed by atoms with Gasteiger partial charge in [0.25, 0.3) is 5.91 Å². The Morgan fingerprint density at radius 1 is 1.30 bits per heavy atom.